The van der Waals surface area contributed by atoms with E-state index in [1.807, 2.05) is 25.8 Å². The first-order valence-electron chi connectivity index (χ1n) is 8.69. The monoisotopic (exact) mass is 361 g/mol. The number of carbonyl (C=O) groups excluding carboxylic acids is 1. The summed E-state index contributed by atoms with van der Waals surface area (Å²) in [5.41, 5.74) is 2.75. The molecule has 140 valence electrons. The third kappa shape index (κ3) is 4.28. The van der Waals surface area contributed by atoms with Crippen LogP contribution in [0, 0.1) is 19.7 Å². The zero-order valence-electron chi connectivity index (χ0n) is 15.4. The minimum Gasteiger partial charge on any atom is -0.370 e. The number of benzene rings is 1. The summed E-state index contributed by atoms with van der Waals surface area (Å²) in [6.07, 6.45) is -0.221. The van der Waals surface area contributed by atoms with Crippen molar-refractivity contribution in [2.45, 2.75) is 26.5 Å². The quantitative estimate of drug-likeness (QED) is 0.819. The molecule has 1 aliphatic rings. The Morgan fingerprint density at radius 1 is 1.35 bits per heavy atom. The van der Waals surface area contributed by atoms with Crippen molar-refractivity contribution in [2.24, 2.45) is 0 Å². The summed E-state index contributed by atoms with van der Waals surface area (Å²) in [5, 5.41) is 3.95. The molecule has 0 bridgehead atoms. The number of halogens is 1. The molecule has 1 fully saturated rings. The van der Waals surface area contributed by atoms with E-state index in [0.717, 1.165) is 22.6 Å². The Balaban J connectivity index is 1.57. The van der Waals surface area contributed by atoms with Gasteiger partial charge < -0.3 is 14.2 Å². The van der Waals surface area contributed by atoms with Crippen LogP contribution in [0.5, 0.6) is 0 Å². The first-order valence-corrected chi connectivity index (χ1v) is 8.69. The highest BCUT2D eigenvalue weighted by atomic mass is 19.1. The number of aryl methyl sites for hydroxylation is 2. The maximum atomic E-state index is 13.1. The standard InChI is InChI=1S/C19H24FN3O3/c1-13-17(14(2)26-21-13)10-22(3)12-19(24)23-8-9-25-18(11-23)15-4-6-16(20)7-5-15/h4-7,18H,8-12H2,1-3H3. The Morgan fingerprint density at radius 2 is 2.08 bits per heavy atom. The number of morpholine rings is 1. The molecule has 3 rings (SSSR count). The first-order chi connectivity index (χ1) is 12.4. The Kier molecular flexibility index (Phi) is 5.68. The number of rotatable bonds is 5. The van der Waals surface area contributed by atoms with Gasteiger partial charge in [-0.25, -0.2) is 4.39 Å². The molecule has 0 spiro atoms. The highest BCUT2D eigenvalue weighted by Gasteiger charge is 2.26. The lowest BCUT2D eigenvalue weighted by Crippen LogP contribution is -2.46. The van der Waals surface area contributed by atoms with E-state index in [9.17, 15) is 9.18 Å². The summed E-state index contributed by atoms with van der Waals surface area (Å²) in [6, 6.07) is 6.24. The van der Waals surface area contributed by atoms with Gasteiger partial charge in [0.2, 0.25) is 5.91 Å². The van der Waals surface area contributed by atoms with E-state index in [1.165, 1.54) is 12.1 Å². The maximum Gasteiger partial charge on any atom is 0.236 e. The van der Waals surface area contributed by atoms with Gasteiger partial charge >= 0.3 is 0 Å². The molecule has 1 saturated heterocycles. The van der Waals surface area contributed by atoms with Gasteiger partial charge in [0.25, 0.3) is 0 Å². The molecule has 1 aromatic heterocycles. The van der Waals surface area contributed by atoms with Gasteiger partial charge in [0, 0.05) is 18.7 Å². The lowest BCUT2D eigenvalue weighted by atomic mass is 10.1. The molecular weight excluding hydrogens is 337 g/mol. The van der Waals surface area contributed by atoms with Crippen LogP contribution in [0.2, 0.25) is 0 Å². The van der Waals surface area contributed by atoms with Crippen LogP contribution in [0.3, 0.4) is 0 Å². The van der Waals surface area contributed by atoms with Crippen molar-refractivity contribution in [1.82, 2.24) is 15.0 Å². The molecule has 1 aromatic carbocycles. The molecule has 1 amide bonds. The van der Waals surface area contributed by atoms with Gasteiger partial charge in [-0.1, -0.05) is 17.3 Å². The van der Waals surface area contributed by atoms with Crippen LogP contribution in [0.25, 0.3) is 0 Å². The fourth-order valence-electron chi connectivity index (χ4n) is 3.14. The number of aromatic nitrogens is 1. The predicted molar refractivity (Wildman–Crippen MR) is 94.0 cm³/mol. The molecular formula is C19H24FN3O3. The number of carbonyl (C=O) groups is 1. The summed E-state index contributed by atoms with van der Waals surface area (Å²) in [6.45, 7) is 6.20. The van der Waals surface area contributed by atoms with Crippen molar-refractivity contribution in [3.05, 3.63) is 52.7 Å². The van der Waals surface area contributed by atoms with Gasteiger partial charge in [-0.2, -0.15) is 0 Å². The Labute approximate surface area is 152 Å². The normalized spacial score (nSPS) is 17.7. The van der Waals surface area contributed by atoms with Gasteiger partial charge in [0.05, 0.1) is 25.4 Å². The lowest BCUT2D eigenvalue weighted by Gasteiger charge is -2.34. The van der Waals surface area contributed by atoms with Gasteiger partial charge in [-0.15, -0.1) is 0 Å². The van der Waals surface area contributed by atoms with E-state index in [2.05, 4.69) is 5.16 Å². The molecule has 0 N–H and O–H groups in total. The van der Waals surface area contributed by atoms with Crippen LogP contribution in [0.1, 0.15) is 28.7 Å². The second-order valence-corrected chi connectivity index (χ2v) is 6.73. The van der Waals surface area contributed by atoms with E-state index in [4.69, 9.17) is 9.26 Å². The molecule has 1 aliphatic heterocycles. The number of hydrogen-bond donors (Lipinski definition) is 0. The van der Waals surface area contributed by atoms with Crippen LogP contribution in [0.15, 0.2) is 28.8 Å². The predicted octanol–water partition coefficient (Wildman–Crippen LogP) is 2.46. The molecule has 0 radical (unpaired) electrons. The van der Waals surface area contributed by atoms with Crippen molar-refractivity contribution in [2.75, 3.05) is 33.3 Å². The molecule has 0 saturated carbocycles. The zero-order valence-corrected chi connectivity index (χ0v) is 15.4. The highest BCUT2D eigenvalue weighted by Crippen LogP contribution is 2.23. The lowest BCUT2D eigenvalue weighted by molar-refractivity contribution is -0.140. The van der Waals surface area contributed by atoms with E-state index >= 15 is 0 Å². The van der Waals surface area contributed by atoms with Crippen LogP contribution >= 0.6 is 0 Å². The summed E-state index contributed by atoms with van der Waals surface area (Å²) in [7, 11) is 1.90. The summed E-state index contributed by atoms with van der Waals surface area (Å²) in [5.74, 6) is 0.553. The first kappa shape index (κ1) is 18.5. The SMILES string of the molecule is Cc1noc(C)c1CN(C)CC(=O)N1CCOC(c2ccc(F)cc2)C1. The van der Waals surface area contributed by atoms with E-state index in [0.29, 0.717) is 32.8 Å². The summed E-state index contributed by atoms with van der Waals surface area (Å²) in [4.78, 5) is 16.4. The van der Waals surface area contributed by atoms with Crippen molar-refractivity contribution in [3.63, 3.8) is 0 Å². The van der Waals surface area contributed by atoms with Gasteiger partial charge in [-0.05, 0) is 38.6 Å². The third-order valence-electron chi connectivity index (χ3n) is 4.68. The van der Waals surface area contributed by atoms with E-state index in [1.54, 1.807) is 17.0 Å². The number of likely N-dealkylation sites (N-methyl/N-ethyl adjacent to an activating group) is 1. The molecule has 0 aliphatic carbocycles. The second kappa shape index (κ2) is 7.97. The number of hydrogen-bond acceptors (Lipinski definition) is 5. The average Bonchev–Trinajstić information content (AvgIpc) is 2.94. The summed E-state index contributed by atoms with van der Waals surface area (Å²) >= 11 is 0. The molecule has 2 heterocycles. The molecule has 1 unspecified atom stereocenters. The van der Waals surface area contributed by atoms with Crippen molar-refractivity contribution < 1.29 is 18.4 Å². The van der Waals surface area contributed by atoms with Gasteiger partial charge in [0.1, 0.15) is 17.7 Å². The van der Waals surface area contributed by atoms with Crippen LogP contribution in [0.4, 0.5) is 4.39 Å². The highest BCUT2D eigenvalue weighted by molar-refractivity contribution is 5.78. The third-order valence-corrected chi connectivity index (χ3v) is 4.68. The number of amides is 1. The van der Waals surface area contributed by atoms with Crippen molar-refractivity contribution in [1.29, 1.82) is 0 Å². The Hall–Kier alpha value is -2.25. The van der Waals surface area contributed by atoms with E-state index in [-0.39, 0.29) is 17.8 Å². The van der Waals surface area contributed by atoms with E-state index < -0.39 is 0 Å². The van der Waals surface area contributed by atoms with Gasteiger partial charge in [-0.3, -0.25) is 9.69 Å². The Bertz CT molecular complexity index is 740. The zero-order chi connectivity index (χ0) is 18.7. The Morgan fingerprint density at radius 3 is 2.73 bits per heavy atom. The number of ether oxygens (including phenoxy) is 1. The smallest absolute Gasteiger partial charge is 0.236 e. The fraction of sp³-hybridized carbons (Fsp3) is 0.474. The minimum atomic E-state index is -0.279. The number of nitrogens with zero attached hydrogens (tertiary/aromatic N) is 3. The average molecular weight is 361 g/mol. The molecule has 6 nitrogen and oxygen atoms in total. The molecule has 2 aromatic rings. The molecule has 7 heteroatoms. The van der Waals surface area contributed by atoms with Crippen molar-refractivity contribution in [3.8, 4) is 0 Å². The van der Waals surface area contributed by atoms with Crippen LogP contribution in [-0.2, 0) is 16.1 Å². The molecule has 1 atom stereocenters. The maximum absolute atomic E-state index is 13.1. The van der Waals surface area contributed by atoms with Crippen LogP contribution < -0.4 is 0 Å². The van der Waals surface area contributed by atoms with Gasteiger partial charge in [0.15, 0.2) is 0 Å². The second-order valence-electron chi connectivity index (χ2n) is 6.73. The van der Waals surface area contributed by atoms with Crippen molar-refractivity contribution >= 4 is 5.91 Å². The fourth-order valence-corrected chi connectivity index (χ4v) is 3.14. The largest absolute Gasteiger partial charge is 0.370 e. The topological polar surface area (TPSA) is 58.8 Å². The minimum absolute atomic E-state index is 0.0506. The summed E-state index contributed by atoms with van der Waals surface area (Å²) < 4.78 is 24.0. The molecule has 26 heavy (non-hydrogen) atoms. The van der Waals surface area contributed by atoms with Crippen LogP contribution in [-0.4, -0.2) is 54.2 Å².